The van der Waals surface area contributed by atoms with Gasteiger partial charge in [-0.1, -0.05) is 17.5 Å². The number of hydrogen-bond acceptors (Lipinski definition) is 4. The molecule has 0 bridgehead atoms. The van der Waals surface area contributed by atoms with E-state index in [0.29, 0.717) is 5.15 Å². The smallest absolute Gasteiger partial charge is 0.184 e. The average molecular weight is 233 g/mol. The third kappa shape index (κ3) is 4.41. The minimum atomic E-state index is 0.545. The van der Waals surface area contributed by atoms with E-state index in [0.717, 1.165) is 23.2 Å². The third-order valence-electron chi connectivity index (χ3n) is 1.18. The third-order valence-corrected chi connectivity index (χ3v) is 3.17. The first-order chi connectivity index (χ1) is 6.33. The van der Waals surface area contributed by atoms with Gasteiger partial charge in [0.15, 0.2) is 5.13 Å². The largest absolute Gasteiger partial charge is 0.361 e. The number of nitrogens with one attached hydrogen (secondary N) is 1. The van der Waals surface area contributed by atoms with Crippen molar-refractivity contribution < 1.29 is 0 Å². The van der Waals surface area contributed by atoms with Gasteiger partial charge in [0.05, 0.1) is 5.75 Å². The molecule has 0 saturated heterocycles. The molecule has 1 heterocycles. The zero-order chi connectivity index (χ0) is 9.52. The lowest BCUT2D eigenvalue weighted by atomic mass is 10.7. The lowest BCUT2D eigenvalue weighted by Gasteiger charge is -1.99. The molecule has 70 valence electrons. The van der Waals surface area contributed by atoms with Crippen LogP contribution in [0.4, 0.5) is 5.13 Å². The number of halogens is 1. The molecular weight excluding hydrogens is 224 g/mol. The quantitative estimate of drug-likeness (QED) is 0.624. The van der Waals surface area contributed by atoms with Crippen LogP contribution in [-0.2, 0) is 0 Å². The highest BCUT2D eigenvalue weighted by Gasteiger charge is 1.97. The Kier molecular flexibility index (Phi) is 5.06. The molecule has 0 spiro atoms. The summed E-state index contributed by atoms with van der Waals surface area (Å²) in [4.78, 5) is 4.05. The number of aromatic nitrogens is 1. The van der Waals surface area contributed by atoms with Gasteiger partial charge in [0, 0.05) is 17.7 Å². The number of thiazole rings is 1. The summed E-state index contributed by atoms with van der Waals surface area (Å²) in [6, 6.07) is 0. The van der Waals surface area contributed by atoms with E-state index in [1.165, 1.54) is 11.3 Å². The van der Waals surface area contributed by atoms with Crippen LogP contribution in [0.15, 0.2) is 5.38 Å². The van der Waals surface area contributed by atoms with Crippen molar-refractivity contribution in [2.24, 2.45) is 0 Å². The van der Waals surface area contributed by atoms with Crippen molar-refractivity contribution in [2.45, 2.75) is 0 Å². The minimum Gasteiger partial charge on any atom is -0.361 e. The molecule has 0 aliphatic heterocycles. The van der Waals surface area contributed by atoms with E-state index in [2.05, 4.69) is 16.2 Å². The Bertz CT molecular complexity index is 293. The predicted octanol–water partition coefficient (Wildman–Crippen LogP) is 2.57. The van der Waals surface area contributed by atoms with E-state index in [4.69, 9.17) is 18.0 Å². The van der Waals surface area contributed by atoms with Crippen molar-refractivity contribution in [2.75, 3.05) is 23.4 Å². The fraction of sp³-hybridized carbons (Fsp3) is 0.375. The molecule has 0 aromatic carbocycles. The van der Waals surface area contributed by atoms with Crippen LogP contribution in [0.1, 0.15) is 0 Å². The lowest BCUT2D eigenvalue weighted by molar-refractivity contribution is 1.20. The van der Waals surface area contributed by atoms with Gasteiger partial charge in [-0.15, -0.1) is 29.5 Å². The molecule has 2 nitrogen and oxygen atoms in total. The molecule has 0 aliphatic rings. The van der Waals surface area contributed by atoms with E-state index < -0.39 is 0 Å². The maximum absolute atomic E-state index is 5.65. The van der Waals surface area contributed by atoms with Crippen molar-refractivity contribution in [3.63, 3.8) is 0 Å². The van der Waals surface area contributed by atoms with E-state index in [-0.39, 0.29) is 0 Å². The minimum absolute atomic E-state index is 0.545. The number of hydrogen-bond donors (Lipinski definition) is 1. The molecule has 0 aliphatic carbocycles. The molecule has 0 saturated carbocycles. The molecule has 0 fully saturated rings. The fourth-order valence-electron chi connectivity index (χ4n) is 0.697. The second kappa shape index (κ2) is 6.14. The number of thioether (sulfide) groups is 1. The molecule has 13 heavy (non-hydrogen) atoms. The maximum Gasteiger partial charge on any atom is 0.184 e. The summed E-state index contributed by atoms with van der Waals surface area (Å²) in [6.07, 6.45) is 5.11. The first-order valence-electron chi connectivity index (χ1n) is 3.69. The highest BCUT2D eigenvalue weighted by molar-refractivity contribution is 7.99. The second-order valence-electron chi connectivity index (χ2n) is 2.16. The van der Waals surface area contributed by atoms with Crippen LogP contribution < -0.4 is 5.32 Å². The lowest BCUT2D eigenvalue weighted by Crippen LogP contribution is -2.03. The van der Waals surface area contributed by atoms with Gasteiger partial charge in [0.25, 0.3) is 0 Å². The fourth-order valence-corrected chi connectivity index (χ4v) is 2.07. The number of rotatable bonds is 5. The average Bonchev–Trinajstić information content (AvgIpc) is 2.51. The number of terminal acetylenes is 1. The highest BCUT2D eigenvalue weighted by Crippen LogP contribution is 2.18. The van der Waals surface area contributed by atoms with Crippen LogP contribution in [0.3, 0.4) is 0 Å². The first kappa shape index (κ1) is 10.7. The van der Waals surface area contributed by atoms with Gasteiger partial charge in [0.2, 0.25) is 0 Å². The Labute approximate surface area is 91.1 Å². The Morgan fingerprint density at radius 2 is 2.62 bits per heavy atom. The summed E-state index contributed by atoms with van der Waals surface area (Å²) in [5.41, 5.74) is 0. The molecule has 1 aromatic heterocycles. The van der Waals surface area contributed by atoms with E-state index >= 15 is 0 Å². The summed E-state index contributed by atoms with van der Waals surface area (Å²) >= 11 is 8.88. The number of anilines is 1. The molecule has 0 radical (unpaired) electrons. The van der Waals surface area contributed by atoms with Crippen LogP contribution in [0.2, 0.25) is 5.15 Å². The van der Waals surface area contributed by atoms with Gasteiger partial charge in [-0.05, 0) is 0 Å². The molecule has 1 aromatic rings. The molecule has 0 atom stereocenters. The Hall–Kier alpha value is -0.370. The van der Waals surface area contributed by atoms with Crippen molar-refractivity contribution in [1.29, 1.82) is 0 Å². The monoisotopic (exact) mass is 232 g/mol. The van der Waals surface area contributed by atoms with Crippen molar-refractivity contribution in [1.82, 2.24) is 4.98 Å². The van der Waals surface area contributed by atoms with E-state index in [9.17, 15) is 0 Å². The van der Waals surface area contributed by atoms with Crippen LogP contribution in [0.25, 0.3) is 0 Å². The molecule has 1 N–H and O–H groups in total. The van der Waals surface area contributed by atoms with Crippen LogP contribution in [-0.4, -0.2) is 23.0 Å². The summed E-state index contributed by atoms with van der Waals surface area (Å²) in [6.45, 7) is 0.871. The highest BCUT2D eigenvalue weighted by atomic mass is 35.5. The van der Waals surface area contributed by atoms with Crippen LogP contribution in [0, 0.1) is 12.3 Å². The standard InChI is InChI=1S/C8H9ClN2S2/c1-2-4-12-5-3-10-8-11-7(9)6-13-8/h1,6H,3-5H2,(H,10,11). The van der Waals surface area contributed by atoms with Crippen LogP contribution >= 0.6 is 34.7 Å². The van der Waals surface area contributed by atoms with Gasteiger partial charge in [0.1, 0.15) is 5.15 Å². The summed E-state index contributed by atoms with van der Waals surface area (Å²) in [5, 5.41) is 6.37. The molecular formula is C8H9ClN2S2. The Balaban J connectivity index is 2.10. The van der Waals surface area contributed by atoms with Crippen molar-refractivity contribution in [3.05, 3.63) is 10.5 Å². The SMILES string of the molecule is C#CCSCCNc1nc(Cl)cs1. The first-order valence-corrected chi connectivity index (χ1v) is 6.10. The van der Waals surface area contributed by atoms with Gasteiger partial charge < -0.3 is 5.32 Å². The molecule has 0 amide bonds. The summed E-state index contributed by atoms with van der Waals surface area (Å²) in [7, 11) is 0. The van der Waals surface area contributed by atoms with Gasteiger partial charge in [-0.25, -0.2) is 4.98 Å². The second-order valence-corrected chi connectivity index (χ2v) is 4.51. The Morgan fingerprint density at radius 3 is 3.23 bits per heavy atom. The Morgan fingerprint density at radius 1 is 1.77 bits per heavy atom. The summed E-state index contributed by atoms with van der Waals surface area (Å²) in [5.74, 6) is 4.32. The van der Waals surface area contributed by atoms with Crippen molar-refractivity contribution >= 4 is 39.8 Å². The van der Waals surface area contributed by atoms with E-state index in [1.54, 1.807) is 17.1 Å². The number of nitrogens with zero attached hydrogens (tertiary/aromatic N) is 1. The molecule has 1 rings (SSSR count). The van der Waals surface area contributed by atoms with Gasteiger partial charge in [-0.3, -0.25) is 0 Å². The predicted molar refractivity (Wildman–Crippen MR) is 61.8 cm³/mol. The van der Waals surface area contributed by atoms with Crippen LogP contribution in [0.5, 0.6) is 0 Å². The van der Waals surface area contributed by atoms with Gasteiger partial charge >= 0.3 is 0 Å². The molecule has 0 unspecified atom stereocenters. The summed E-state index contributed by atoms with van der Waals surface area (Å²) < 4.78 is 0. The maximum atomic E-state index is 5.65. The van der Waals surface area contributed by atoms with Crippen molar-refractivity contribution in [3.8, 4) is 12.3 Å². The zero-order valence-corrected chi connectivity index (χ0v) is 9.31. The van der Waals surface area contributed by atoms with Gasteiger partial charge in [-0.2, -0.15) is 0 Å². The normalized spacial score (nSPS) is 9.54. The molecule has 5 heteroatoms. The zero-order valence-electron chi connectivity index (χ0n) is 6.92. The topological polar surface area (TPSA) is 24.9 Å². The van der Waals surface area contributed by atoms with E-state index in [1.807, 2.05) is 0 Å².